The summed E-state index contributed by atoms with van der Waals surface area (Å²) in [6.45, 7) is 9.88. The number of imide groups is 1. The van der Waals surface area contributed by atoms with Crippen LogP contribution in [0.3, 0.4) is 0 Å². The minimum Gasteiger partial charge on any atom is -0.447 e. The highest BCUT2D eigenvalue weighted by Crippen LogP contribution is 2.22. The zero-order valence-corrected chi connectivity index (χ0v) is 28.6. The zero-order chi connectivity index (χ0) is 36.0. The first kappa shape index (κ1) is 38.1. The van der Waals surface area contributed by atoms with Crippen molar-refractivity contribution >= 4 is 36.4 Å². The predicted molar refractivity (Wildman–Crippen MR) is 177 cm³/mol. The summed E-state index contributed by atoms with van der Waals surface area (Å²) in [6.07, 6.45) is -4.07. The van der Waals surface area contributed by atoms with Gasteiger partial charge in [0.1, 0.15) is 31.0 Å². The molecule has 0 saturated carbocycles. The van der Waals surface area contributed by atoms with Gasteiger partial charge < -0.3 is 29.0 Å². The maximum Gasteiger partial charge on any atom is 0.420 e. The van der Waals surface area contributed by atoms with Gasteiger partial charge in [0.05, 0.1) is 6.04 Å². The second-order valence-electron chi connectivity index (χ2n) is 13.1. The van der Waals surface area contributed by atoms with E-state index in [0.29, 0.717) is 0 Å². The smallest absolute Gasteiger partial charge is 0.420 e. The molecule has 1 saturated heterocycles. The van der Waals surface area contributed by atoms with E-state index in [4.69, 9.17) is 23.7 Å². The molecule has 0 radical (unpaired) electrons. The van der Waals surface area contributed by atoms with Crippen LogP contribution in [0.25, 0.3) is 0 Å². The number of nitrogens with zero attached hydrogens (tertiary/aromatic N) is 2. The van der Waals surface area contributed by atoms with Crippen LogP contribution >= 0.6 is 0 Å². The molecule has 5 amide bonds. The molecule has 2 aromatic carbocycles. The highest BCUT2D eigenvalue weighted by molar-refractivity contribution is 6.01. The van der Waals surface area contributed by atoms with Crippen LogP contribution < -0.4 is 16.0 Å². The van der Waals surface area contributed by atoms with E-state index in [0.717, 1.165) is 16.0 Å². The zero-order valence-electron chi connectivity index (χ0n) is 28.6. The van der Waals surface area contributed by atoms with Crippen molar-refractivity contribution < 1.29 is 47.7 Å². The van der Waals surface area contributed by atoms with Gasteiger partial charge in [-0.05, 0) is 65.5 Å². The lowest BCUT2D eigenvalue weighted by atomic mass is 10.0. The highest BCUT2D eigenvalue weighted by Gasteiger charge is 2.41. The molecule has 266 valence electrons. The number of hydrogen-bond donors (Lipinski definition) is 3. The van der Waals surface area contributed by atoms with Crippen molar-refractivity contribution in [2.75, 3.05) is 13.2 Å². The molecule has 49 heavy (non-hydrogen) atoms. The SMILES string of the molecule is CC(C)(C)OC(=O)N[C@@H](CCN=C(NC(=O)OCc1ccccc1)NC(=O)OCc1ccccc1)C[C@H]1COC(=O)N1C(=O)OC(C)(C)C. The Labute approximate surface area is 285 Å². The molecule has 0 aliphatic carbocycles. The standard InChI is InChI=1S/C34H45N5O10/c1-33(2,3)48-30(42)36-25(19-26-22-47-31(43)39(26)32(44)49-34(4,5)6)17-18-35-27(37-28(40)45-20-23-13-9-7-10-14-23)38-29(41)46-21-24-15-11-8-12-16-24/h7-16,25-26H,17-22H2,1-6H3,(H,36,42)(H2,35,37,38,40,41)/t25-,26-/m0/s1. The molecule has 2 atom stereocenters. The number of hydrogen-bond acceptors (Lipinski definition) is 11. The fraction of sp³-hybridized carbons (Fsp3) is 0.471. The summed E-state index contributed by atoms with van der Waals surface area (Å²) in [5, 5.41) is 7.59. The third kappa shape index (κ3) is 14.5. The summed E-state index contributed by atoms with van der Waals surface area (Å²) in [5.74, 6) is -0.262. The Morgan fingerprint density at radius 3 is 1.82 bits per heavy atom. The summed E-state index contributed by atoms with van der Waals surface area (Å²) >= 11 is 0. The van der Waals surface area contributed by atoms with Crippen molar-refractivity contribution in [1.82, 2.24) is 20.9 Å². The molecule has 0 spiro atoms. The summed E-state index contributed by atoms with van der Waals surface area (Å²) in [5.41, 5.74) is -0.175. The number of ether oxygens (including phenoxy) is 5. The van der Waals surface area contributed by atoms with Crippen LogP contribution in [0.1, 0.15) is 65.5 Å². The lowest BCUT2D eigenvalue weighted by Crippen LogP contribution is -2.47. The van der Waals surface area contributed by atoms with Gasteiger partial charge in [0.2, 0.25) is 5.96 Å². The minimum atomic E-state index is -0.885. The Morgan fingerprint density at radius 2 is 1.33 bits per heavy atom. The molecule has 1 heterocycles. The quantitative estimate of drug-likeness (QED) is 0.161. The summed E-state index contributed by atoms with van der Waals surface area (Å²) in [4.78, 5) is 68.5. The summed E-state index contributed by atoms with van der Waals surface area (Å²) < 4.78 is 26.5. The van der Waals surface area contributed by atoms with E-state index in [1.54, 1.807) is 90.1 Å². The first-order valence-corrected chi connectivity index (χ1v) is 15.8. The highest BCUT2D eigenvalue weighted by atomic mass is 16.6. The van der Waals surface area contributed by atoms with E-state index in [1.807, 2.05) is 12.1 Å². The Bertz CT molecular complexity index is 1400. The first-order valence-electron chi connectivity index (χ1n) is 15.8. The summed E-state index contributed by atoms with van der Waals surface area (Å²) in [6, 6.07) is 16.5. The number of rotatable bonds is 10. The van der Waals surface area contributed by atoms with E-state index >= 15 is 0 Å². The van der Waals surface area contributed by atoms with Crippen LogP contribution in [0.4, 0.5) is 24.0 Å². The molecule has 3 N–H and O–H groups in total. The van der Waals surface area contributed by atoms with Crippen molar-refractivity contribution in [2.45, 2.75) is 90.9 Å². The van der Waals surface area contributed by atoms with Crippen molar-refractivity contribution in [2.24, 2.45) is 4.99 Å². The minimum absolute atomic E-state index is 0.0311. The van der Waals surface area contributed by atoms with E-state index < -0.39 is 53.8 Å². The Morgan fingerprint density at radius 1 is 0.816 bits per heavy atom. The van der Waals surface area contributed by atoms with Crippen LogP contribution in [0.15, 0.2) is 65.7 Å². The van der Waals surface area contributed by atoms with Crippen molar-refractivity contribution in [3.05, 3.63) is 71.8 Å². The Kier molecular flexibility index (Phi) is 13.8. The van der Waals surface area contributed by atoms with Gasteiger partial charge in [-0.3, -0.25) is 15.6 Å². The normalized spacial score (nSPS) is 14.9. The topological polar surface area (TPSA) is 183 Å². The lowest BCUT2D eigenvalue weighted by Gasteiger charge is -2.28. The van der Waals surface area contributed by atoms with Crippen molar-refractivity contribution in [1.29, 1.82) is 0 Å². The van der Waals surface area contributed by atoms with Crippen molar-refractivity contribution in [3.63, 3.8) is 0 Å². The fourth-order valence-electron chi connectivity index (χ4n) is 4.37. The lowest BCUT2D eigenvalue weighted by molar-refractivity contribution is 0.0280. The molecule has 3 rings (SSSR count). The molecule has 15 nitrogen and oxygen atoms in total. The number of amides is 5. The van der Waals surface area contributed by atoms with Crippen LogP contribution in [-0.4, -0.2) is 77.8 Å². The van der Waals surface area contributed by atoms with E-state index in [9.17, 15) is 24.0 Å². The molecular formula is C34H45N5O10. The number of aliphatic imine (C=N–C) groups is 1. The first-order chi connectivity index (χ1) is 23.1. The number of carbonyl (C=O) groups excluding carboxylic acids is 5. The molecular weight excluding hydrogens is 638 g/mol. The van der Waals surface area contributed by atoms with Gasteiger partial charge >= 0.3 is 30.5 Å². The van der Waals surface area contributed by atoms with Gasteiger partial charge in [-0.15, -0.1) is 0 Å². The maximum atomic E-state index is 12.8. The number of alkyl carbamates (subject to hydrolysis) is 3. The molecule has 0 aromatic heterocycles. The van der Waals surface area contributed by atoms with E-state index in [2.05, 4.69) is 20.9 Å². The Balaban J connectivity index is 1.74. The van der Waals surface area contributed by atoms with Crippen LogP contribution in [0.2, 0.25) is 0 Å². The molecule has 15 heteroatoms. The molecule has 1 aliphatic rings. The second kappa shape index (κ2) is 17.7. The third-order valence-electron chi connectivity index (χ3n) is 6.44. The Hall–Kier alpha value is -5.34. The predicted octanol–water partition coefficient (Wildman–Crippen LogP) is 5.62. The van der Waals surface area contributed by atoms with Gasteiger partial charge in [0.15, 0.2) is 0 Å². The molecule has 2 aromatic rings. The van der Waals surface area contributed by atoms with Crippen LogP contribution in [0.5, 0.6) is 0 Å². The summed E-state index contributed by atoms with van der Waals surface area (Å²) in [7, 11) is 0. The molecule has 1 aliphatic heterocycles. The number of cyclic esters (lactones) is 1. The van der Waals surface area contributed by atoms with Gasteiger partial charge in [0.25, 0.3) is 0 Å². The van der Waals surface area contributed by atoms with Gasteiger partial charge in [0, 0.05) is 12.6 Å². The fourth-order valence-corrected chi connectivity index (χ4v) is 4.37. The van der Waals surface area contributed by atoms with Gasteiger partial charge in [-0.25, -0.2) is 28.9 Å². The van der Waals surface area contributed by atoms with Crippen molar-refractivity contribution in [3.8, 4) is 0 Å². The third-order valence-corrected chi connectivity index (χ3v) is 6.44. The van der Waals surface area contributed by atoms with E-state index in [1.165, 1.54) is 0 Å². The number of nitrogens with one attached hydrogen (secondary N) is 3. The molecule has 1 fully saturated rings. The van der Waals surface area contributed by atoms with Crippen LogP contribution in [-0.2, 0) is 36.9 Å². The van der Waals surface area contributed by atoms with Crippen LogP contribution in [0, 0.1) is 0 Å². The number of guanidine groups is 1. The number of benzene rings is 2. The van der Waals surface area contributed by atoms with E-state index in [-0.39, 0.29) is 45.2 Å². The number of carbonyl (C=O) groups is 5. The van der Waals surface area contributed by atoms with Gasteiger partial charge in [-0.2, -0.15) is 0 Å². The average molecular weight is 684 g/mol. The molecule has 0 bridgehead atoms. The second-order valence-corrected chi connectivity index (χ2v) is 13.1. The average Bonchev–Trinajstić information content (AvgIpc) is 3.37. The largest absolute Gasteiger partial charge is 0.447 e. The van der Waals surface area contributed by atoms with Gasteiger partial charge in [-0.1, -0.05) is 60.7 Å². The maximum absolute atomic E-state index is 12.8. The monoisotopic (exact) mass is 683 g/mol. The molecule has 0 unspecified atom stereocenters.